The van der Waals surface area contributed by atoms with E-state index in [0.717, 1.165) is 28.3 Å². The molecule has 1 rings (SSSR count). The molecule has 1 unspecified atom stereocenters. The molecule has 18 heavy (non-hydrogen) atoms. The average molecular weight is 271 g/mol. The van der Waals surface area contributed by atoms with Crippen LogP contribution in [-0.4, -0.2) is 38.2 Å². The van der Waals surface area contributed by atoms with Crippen molar-refractivity contribution < 1.29 is 4.74 Å². The van der Waals surface area contributed by atoms with E-state index in [-0.39, 0.29) is 0 Å². The van der Waals surface area contributed by atoms with Gasteiger partial charge in [-0.05, 0) is 64.2 Å². The van der Waals surface area contributed by atoms with Crippen LogP contribution in [0.25, 0.3) is 0 Å². The van der Waals surface area contributed by atoms with Crippen LogP contribution in [0.3, 0.4) is 0 Å². The Hall–Kier alpha value is -0.770. The molecule has 3 nitrogen and oxygen atoms in total. The molecule has 4 heteroatoms. The minimum atomic E-state index is 0.339. The zero-order valence-electron chi connectivity index (χ0n) is 11.7. The van der Waals surface area contributed by atoms with E-state index in [9.17, 15) is 0 Å². The summed E-state index contributed by atoms with van der Waals surface area (Å²) >= 11 is 6.13. The Kier molecular flexibility index (Phi) is 5.93. The Bertz CT molecular complexity index is 370. The zero-order chi connectivity index (χ0) is 13.7. The van der Waals surface area contributed by atoms with Crippen molar-refractivity contribution in [3.63, 3.8) is 0 Å². The zero-order valence-corrected chi connectivity index (χ0v) is 12.4. The van der Waals surface area contributed by atoms with Gasteiger partial charge in [0.1, 0.15) is 12.4 Å². The number of nitrogens with two attached hydrogens (primary N) is 1. The lowest BCUT2D eigenvalue weighted by Gasteiger charge is -2.24. The third-order valence-corrected chi connectivity index (χ3v) is 3.68. The first-order valence-electron chi connectivity index (χ1n) is 6.21. The maximum Gasteiger partial charge on any atom is 0.120 e. The van der Waals surface area contributed by atoms with E-state index >= 15 is 0 Å². The summed E-state index contributed by atoms with van der Waals surface area (Å²) in [6, 6.07) is 4.29. The third kappa shape index (κ3) is 4.16. The van der Waals surface area contributed by atoms with Gasteiger partial charge in [0.2, 0.25) is 0 Å². The molecule has 1 atom stereocenters. The number of aryl methyl sites for hydroxylation is 2. The van der Waals surface area contributed by atoms with Gasteiger partial charge in [-0.25, -0.2) is 0 Å². The second kappa shape index (κ2) is 6.98. The number of hydrogen-bond donors (Lipinski definition) is 1. The summed E-state index contributed by atoms with van der Waals surface area (Å²) in [7, 11) is 4.09. The topological polar surface area (TPSA) is 38.5 Å². The summed E-state index contributed by atoms with van der Waals surface area (Å²) in [6.45, 7) is 5.30. The maximum atomic E-state index is 6.13. The first-order chi connectivity index (χ1) is 8.45. The molecule has 1 aromatic carbocycles. The highest BCUT2D eigenvalue weighted by Crippen LogP contribution is 2.26. The smallest absolute Gasteiger partial charge is 0.120 e. The molecule has 0 bridgehead atoms. The van der Waals surface area contributed by atoms with E-state index in [4.69, 9.17) is 22.1 Å². The summed E-state index contributed by atoms with van der Waals surface area (Å²) in [6.07, 6.45) is 0.929. The number of likely N-dealkylation sites (N-methyl/N-ethyl adjacent to an activating group) is 1. The van der Waals surface area contributed by atoms with Crippen LogP contribution in [0.15, 0.2) is 12.1 Å². The number of rotatable bonds is 6. The van der Waals surface area contributed by atoms with E-state index in [1.807, 2.05) is 40.1 Å². The predicted octanol–water partition coefficient (Wildman–Crippen LogP) is 2.61. The van der Waals surface area contributed by atoms with Gasteiger partial charge in [0, 0.05) is 11.1 Å². The normalized spacial score (nSPS) is 12.8. The molecule has 0 aliphatic heterocycles. The fourth-order valence-corrected chi connectivity index (χ4v) is 1.97. The molecule has 0 fully saturated rings. The molecule has 0 saturated heterocycles. The second-order valence-electron chi connectivity index (χ2n) is 4.88. The van der Waals surface area contributed by atoms with Crippen molar-refractivity contribution in [1.29, 1.82) is 0 Å². The van der Waals surface area contributed by atoms with Crippen molar-refractivity contribution in [3.8, 4) is 5.75 Å². The molecule has 102 valence electrons. The van der Waals surface area contributed by atoms with Gasteiger partial charge in [-0.3, -0.25) is 0 Å². The van der Waals surface area contributed by atoms with E-state index < -0.39 is 0 Å². The fraction of sp³-hybridized carbons (Fsp3) is 0.571. The highest BCUT2D eigenvalue weighted by atomic mass is 35.5. The number of benzene rings is 1. The van der Waals surface area contributed by atoms with Crippen LogP contribution in [0.1, 0.15) is 17.5 Å². The van der Waals surface area contributed by atoms with Crippen molar-refractivity contribution in [2.45, 2.75) is 26.3 Å². The highest BCUT2D eigenvalue weighted by molar-refractivity contribution is 6.32. The largest absolute Gasteiger partial charge is 0.492 e. The molecule has 0 aliphatic rings. The Morgan fingerprint density at radius 3 is 2.28 bits per heavy atom. The Balaban J connectivity index is 2.67. The number of nitrogens with zero attached hydrogens (tertiary/aromatic N) is 1. The van der Waals surface area contributed by atoms with Crippen molar-refractivity contribution in [1.82, 2.24) is 4.90 Å². The predicted molar refractivity (Wildman–Crippen MR) is 77.6 cm³/mol. The monoisotopic (exact) mass is 270 g/mol. The summed E-state index contributed by atoms with van der Waals surface area (Å²) in [5.41, 5.74) is 7.70. The van der Waals surface area contributed by atoms with E-state index in [1.165, 1.54) is 0 Å². The van der Waals surface area contributed by atoms with E-state index in [0.29, 0.717) is 19.2 Å². The summed E-state index contributed by atoms with van der Waals surface area (Å²) in [4.78, 5) is 2.14. The van der Waals surface area contributed by atoms with E-state index in [2.05, 4.69) is 4.90 Å². The van der Waals surface area contributed by atoms with Crippen LogP contribution < -0.4 is 10.5 Å². The quantitative estimate of drug-likeness (QED) is 0.864. The average Bonchev–Trinajstić information content (AvgIpc) is 2.30. The SMILES string of the molecule is Cc1cc(OCC(CCN)N(C)C)cc(C)c1Cl. The maximum absolute atomic E-state index is 6.13. The van der Waals surface area contributed by atoms with Gasteiger partial charge in [-0.15, -0.1) is 0 Å². The van der Waals surface area contributed by atoms with Gasteiger partial charge in [0.15, 0.2) is 0 Å². The van der Waals surface area contributed by atoms with Crippen molar-refractivity contribution >= 4 is 11.6 Å². The molecule has 0 saturated carbocycles. The minimum absolute atomic E-state index is 0.339. The molecule has 0 heterocycles. The lowest BCUT2D eigenvalue weighted by atomic mass is 10.1. The molecule has 2 N–H and O–H groups in total. The molecule has 1 aromatic rings. The molecule has 0 spiro atoms. The molecule has 0 aromatic heterocycles. The Morgan fingerprint density at radius 2 is 1.83 bits per heavy atom. The number of halogens is 1. The van der Waals surface area contributed by atoms with Crippen LogP contribution in [0, 0.1) is 13.8 Å². The summed E-state index contributed by atoms with van der Waals surface area (Å²) in [5, 5.41) is 0.813. The van der Waals surface area contributed by atoms with Crippen LogP contribution in [0.5, 0.6) is 5.75 Å². The third-order valence-electron chi connectivity index (χ3n) is 3.08. The Labute approximate surface area is 115 Å². The first kappa shape index (κ1) is 15.3. The lowest BCUT2D eigenvalue weighted by Crippen LogP contribution is -2.35. The molecule has 0 aliphatic carbocycles. The molecular formula is C14H23ClN2O. The van der Waals surface area contributed by atoms with Crippen molar-refractivity contribution in [2.75, 3.05) is 27.2 Å². The molecular weight excluding hydrogens is 248 g/mol. The van der Waals surface area contributed by atoms with Gasteiger partial charge in [0.05, 0.1) is 0 Å². The first-order valence-corrected chi connectivity index (χ1v) is 6.59. The summed E-state index contributed by atoms with van der Waals surface area (Å²) in [5.74, 6) is 0.873. The number of ether oxygens (including phenoxy) is 1. The Morgan fingerprint density at radius 1 is 1.28 bits per heavy atom. The van der Waals surface area contributed by atoms with Gasteiger partial charge < -0.3 is 15.4 Å². The highest BCUT2D eigenvalue weighted by Gasteiger charge is 2.12. The van der Waals surface area contributed by atoms with Gasteiger partial charge in [-0.1, -0.05) is 11.6 Å². The lowest BCUT2D eigenvalue weighted by molar-refractivity contribution is 0.179. The van der Waals surface area contributed by atoms with Crippen molar-refractivity contribution in [2.24, 2.45) is 5.73 Å². The van der Waals surface area contributed by atoms with Gasteiger partial charge in [-0.2, -0.15) is 0 Å². The van der Waals surface area contributed by atoms with Gasteiger partial charge in [0.25, 0.3) is 0 Å². The molecule has 0 amide bonds. The second-order valence-corrected chi connectivity index (χ2v) is 5.25. The summed E-state index contributed by atoms with van der Waals surface area (Å²) < 4.78 is 5.84. The van der Waals surface area contributed by atoms with E-state index in [1.54, 1.807) is 0 Å². The molecule has 0 radical (unpaired) electrons. The minimum Gasteiger partial charge on any atom is -0.492 e. The van der Waals surface area contributed by atoms with Crippen LogP contribution in [0.4, 0.5) is 0 Å². The fourth-order valence-electron chi connectivity index (χ4n) is 1.86. The van der Waals surface area contributed by atoms with Crippen LogP contribution in [-0.2, 0) is 0 Å². The van der Waals surface area contributed by atoms with Crippen LogP contribution in [0.2, 0.25) is 5.02 Å². The standard InChI is InChI=1S/C14H23ClN2O/c1-10-7-13(8-11(2)14(10)15)18-9-12(5-6-16)17(3)4/h7-8,12H,5-6,9,16H2,1-4H3. The van der Waals surface area contributed by atoms with Gasteiger partial charge >= 0.3 is 0 Å². The number of hydrogen-bond acceptors (Lipinski definition) is 3. The van der Waals surface area contributed by atoms with Crippen molar-refractivity contribution in [3.05, 3.63) is 28.3 Å². The van der Waals surface area contributed by atoms with Crippen LogP contribution >= 0.6 is 11.6 Å².